The molecule has 2 aromatic carbocycles. The topological polar surface area (TPSA) is 54.3 Å². The van der Waals surface area contributed by atoms with Crippen molar-refractivity contribution in [2.75, 3.05) is 13.2 Å². The molecule has 4 aromatic rings. The number of pyridine rings is 2. The summed E-state index contributed by atoms with van der Waals surface area (Å²) in [6.07, 6.45) is 21.5. The van der Waals surface area contributed by atoms with Crippen LogP contribution in [0.1, 0.15) is 87.7 Å². The molecule has 2 heterocycles. The molecule has 0 bridgehead atoms. The van der Waals surface area contributed by atoms with Crippen molar-refractivity contribution >= 4 is 5.97 Å². The molecule has 0 aliphatic rings. The third-order valence-electron chi connectivity index (χ3n) is 8.25. The molecule has 4 rings (SSSR count). The highest BCUT2D eigenvalue weighted by Gasteiger charge is 2.23. The Hall–Kier alpha value is -3.83. The van der Waals surface area contributed by atoms with Crippen molar-refractivity contribution in [3.63, 3.8) is 0 Å². The van der Waals surface area contributed by atoms with E-state index in [2.05, 4.69) is 58.2 Å². The van der Waals surface area contributed by atoms with Gasteiger partial charge in [-0.1, -0.05) is 106 Å². The normalized spacial score (nSPS) is 11.1. The van der Waals surface area contributed by atoms with Gasteiger partial charge in [-0.25, -0.2) is 9.13 Å². The van der Waals surface area contributed by atoms with Gasteiger partial charge in [0.05, 0.1) is 6.61 Å². The third-order valence-corrected chi connectivity index (χ3v) is 8.25. The molecule has 232 valence electrons. The van der Waals surface area contributed by atoms with Gasteiger partial charge < -0.3 is 9.84 Å². The highest BCUT2D eigenvalue weighted by atomic mass is 16.5. The minimum atomic E-state index is -0.367. The number of rotatable bonds is 20. The number of unbranched alkanes of at least 4 members (excludes halogenated alkanes) is 9. The van der Waals surface area contributed by atoms with E-state index in [-0.39, 0.29) is 18.5 Å². The van der Waals surface area contributed by atoms with E-state index in [0.717, 1.165) is 43.5 Å². The molecule has 0 saturated heterocycles. The Morgan fingerprint density at radius 2 is 0.955 bits per heavy atom. The number of carbonyl (C=O) groups excluding carboxylic acids is 1. The second-order valence-corrected chi connectivity index (χ2v) is 11.7. The minimum Gasteiger partial charge on any atom is -0.465 e. The van der Waals surface area contributed by atoms with Gasteiger partial charge in [-0.3, -0.25) is 4.79 Å². The van der Waals surface area contributed by atoms with Crippen LogP contribution in [0.3, 0.4) is 0 Å². The molecule has 0 radical (unpaired) electrons. The zero-order valence-corrected chi connectivity index (χ0v) is 26.2. The number of nitrogens with zero attached hydrogens (tertiary/aromatic N) is 2. The Balaban J connectivity index is 1.00. The molecule has 0 aliphatic carbocycles. The van der Waals surface area contributed by atoms with Crippen molar-refractivity contribution in [1.82, 2.24) is 0 Å². The minimum absolute atomic E-state index is 0.158. The monoisotopic (exact) mass is 594 g/mol. The zero-order chi connectivity index (χ0) is 30.7. The largest absolute Gasteiger partial charge is 0.465 e. The summed E-state index contributed by atoms with van der Waals surface area (Å²) in [4.78, 5) is 13.0. The lowest BCUT2D eigenvalue weighted by Gasteiger charge is -2.17. The second-order valence-electron chi connectivity index (χ2n) is 11.7. The number of aliphatic hydroxyl groups excluding tert-OH is 1. The quantitative estimate of drug-likeness (QED) is 0.0652. The average Bonchev–Trinajstić information content (AvgIpc) is 3.07. The van der Waals surface area contributed by atoms with Crippen molar-refractivity contribution in [1.29, 1.82) is 0 Å². The Kier molecular flexibility index (Phi) is 14.6. The summed E-state index contributed by atoms with van der Waals surface area (Å²) >= 11 is 0. The molecule has 0 aliphatic heterocycles. The maximum atomic E-state index is 13.0. The van der Waals surface area contributed by atoms with E-state index in [9.17, 15) is 4.79 Å². The van der Waals surface area contributed by atoms with Crippen LogP contribution >= 0.6 is 0 Å². The Morgan fingerprint density at radius 3 is 1.41 bits per heavy atom. The van der Waals surface area contributed by atoms with Crippen molar-refractivity contribution in [3.05, 3.63) is 121 Å². The van der Waals surface area contributed by atoms with E-state index in [1.165, 1.54) is 62.5 Å². The van der Waals surface area contributed by atoms with Crippen molar-refractivity contribution in [3.8, 4) is 11.1 Å². The van der Waals surface area contributed by atoms with E-state index in [0.29, 0.717) is 6.61 Å². The Labute approximate surface area is 264 Å². The molecular formula is C39H50N2O3+2. The van der Waals surface area contributed by atoms with Gasteiger partial charge in [-0.15, -0.1) is 0 Å². The maximum Gasteiger partial charge on any atom is 0.317 e. The van der Waals surface area contributed by atoms with Crippen LogP contribution in [0.25, 0.3) is 11.1 Å². The fourth-order valence-electron chi connectivity index (χ4n) is 5.67. The van der Waals surface area contributed by atoms with Gasteiger partial charge in [0.15, 0.2) is 31.3 Å². The van der Waals surface area contributed by atoms with E-state index in [1.807, 2.05) is 60.7 Å². The van der Waals surface area contributed by atoms with Gasteiger partial charge in [-0.05, 0) is 35.1 Å². The molecule has 5 heteroatoms. The standard InChI is InChI=1S/C39H50N2O3/c42-32-17-27-41-30-24-35(25-31-41)34-22-28-40(29-23-34)26-15-7-5-3-1-2-4-6-8-16-33-44-39(43)38(36-18-11-9-12-19-36)37-20-13-10-14-21-37/h9-14,18-25,28-31,38,42H,1-8,15-17,26-27,32-33H2/q+2. The van der Waals surface area contributed by atoms with Crippen LogP contribution in [0.5, 0.6) is 0 Å². The van der Waals surface area contributed by atoms with Crippen molar-refractivity contribution < 1.29 is 23.8 Å². The number of aromatic nitrogens is 2. The zero-order valence-electron chi connectivity index (χ0n) is 26.2. The first-order valence-electron chi connectivity index (χ1n) is 16.6. The van der Waals surface area contributed by atoms with Gasteiger partial charge in [0, 0.05) is 43.7 Å². The summed E-state index contributed by atoms with van der Waals surface area (Å²) in [5.74, 6) is -0.526. The molecule has 2 aromatic heterocycles. The lowest BCUT2D eigenvalue weighted by Crippen LogP contribution is -2.33. The van der Waals surface area contributed by atoms with Crippen LogP contribution in [0.4, 0.5) is 0 Å². The van der Waals surface area contributed by atoms with Gasteiger partial charge in [-0.2, -0.15) is 0 Å². The SMILES string of the molecule is O=C(OCCCCCCCCCCCC[n+]1ccc(-c2cc[n+](CCCO)cc2)cc1)C(c1ccccc1)c1ccccc1. The smallest absolute Gasteiger partial charge is 0.317 e. The van der Waals surface area contributed by atoms with Crippen LogP contribution in [0.15, 0.2) is 110 Å². The summed E-state index contributed by atoms with van der Waals surface area (Å²) in [5.41, 5.74) is 4.41. The predicted octanol–water partition coefficient (Wildman–Crippen LogP) is 7.59. The van der Waals surface area contributed by atoms with E-state index >= 15 is 0 Å². The van der Waals surface area contributed by atoms with E-state index in [4.69, 9.17) is 9.84 Å². The number of benzene rings is 2. The molecule has 0 fully saturated rings. The number of hydrogen-bond acceptors (Lipinski definition) is 3. The molecule has 5 nitrogen and oxygen atoms in total. The fourth-order valence-corrected chi connectivity index (χ4v) is 5.67. The molecule has 44 heavy (non-hydrogen) atoms. The Bertz CT molecular complexity index is 1290. The number of esters is 1. The molecule has 1 N–H and O–H groups in total. The summed E-state index contributed by atoms with van der Waals surface area (Å²) in [6.45, 7) is 2.63. The molecule has 0 unspecified atom stereocenters. The molecular weight excluding hydrogens is 544 g/mol. The first kappa shape index (κ1) is 33.1. The van der Waals surface area contributed by atoms with Gasteiger partial charge in [0.2, 0.25) is 0 Å². The van der Waals surface area contributed by atoms with E-state index in [1.54, 1.807) is 0 Å². The third kappa shape index (κ3) is 11.3. The summed E-state index contributed by atoms with van der Waals surface area (Å²) < 4.78 is 10.1. The molecule has 0 atom stereocenters. The summed E-state index contributed by atoms with van der Waals surface area (Å²) in [5, 5.41) is 8.99. The molecule has 0 spiro atoms. The van der Waals surface area contributed by atoms with Gasteiger partial charge >= 0.3 is 5.97 Å². The fraction of sp³-hybridized carbons (Fsp3) is 0.410. The summed E-state index contributed by atoms with van der Waals surface area (Å²) in [6, 6.07) is 28.5. The number of hydrogen-bond donors (Lipinski definition) is 1. The summed E-state index contributed by atoms with van der Waals surface area (Å²) in [7, 11) is 0. The number of aryl methyl sites for hydroxylation is 2. The Morgan fingerprint density at radius 1 is 0.545 bits per heavy atom. The van der Waals surface area contributed by atoms with Crippen LogP contribution < -0.4 is 9.13 Å². The predicted molar refractivity (Wildman–Crippen MR) is 176 cm³/mol. The number of carbonyl (C=O) groups is 1. The number of ether oxygens (including phenoxy) is 1. The maximum absolute atomic E-state index is 13.0. The van der Waals surface area contributed by atoms with Gasteiger partial charge in [0.25, 0.3) is 0 Å². The van der Waals surface area contributed by atoms with Crippen molar-refractivity contribution in [2.45, 2.75) is 89.6 Å². The highest BCUT2D eigenvalue weighted by Crippen LogP contribution is 2.26. The van der Waals surface area contributed by atoms with E-state index < -0.39 is 0 Å². The molecule has 0 amide bonds. The van der Waals surface area contributed by atoms with Crippen LogP contribution in [-0.2, 0) is 22.6 Å². The first-order chi connectivity index (χ1) is 21.7. The average molecular weight is 595 g/mol. The number of aliphatic hydroxyl groups is 1. The lowest BCUT2D eigenvalue weighted by atomic mass is 9.91. The van der Waals surface area contributed by atoms with Gasteiger partial charge in [0.1, 0.15) is 12.5 Å². The van der Waals surface area contributed by atoms with Crippen molar-refractivity contribution in [2.24, 2.45) is 0 Å². The van der Waals surface area contributed by atoms with Crippen LogP contribution in [0, 0.1) is 0 Å². The second kappa shape index (κ2) is 19.4. The van der Waals surface area contributed by atoms with Crippen LogP contribution in [0.2, 0.25) is 0 Å². The highest BCUT2D eigenvalue weighted by molar-refractivity contribution is 5.82. The van der Waals surface area contributed by atoms with Crippen LogP contribution in [-0.4, -0.2) is 24.3 Å². The molecule has 0 saturated carbocycles. The first-order valence-corrected chi connectivity index (χ1v) is 16.6. The lowest BCUT2D eigenvalue weighted by molar-refractivity contribution is -0.697.